The van der Waals surface area contributed by atoms with E-state index in [4.69, 9.17) is 9.47 Å². The summed E-state index contributed by atoms with van der Waals surface area (Å²) < 4.78 is 9.68. The molecule has 4 aliphatic rings. The van der Waals surface area contributed by atoms with Crippen molar-refractivity contribution in [1.82, 2.24) is 0 Å². The molecule has 16 heavy (non-hydrogen) atoms. The second-order valence-corrected chi connectivity index (χ2v) is 5.56. The maximum Gasteiger partial charge on any atom is 0.309 e. The Hall–Kier alpha value is -1.06. The number of esters is 2. The summed E-state index contributed by atoms with van der Waals surface area (Å²) in [5.74, 6) is 3.23. The molecule has 0 amide bonds. The summed E-state index contributed by atoms with van der Waals surface area (Å²) in [6.45, 7) is 0. The van der Waals surface area contributed by atoms with Crippen molar-refractivity contribution in [3.63, 3.8) is 0 Å². The van der Waals surface area contributed by atoms with Crippen LogP contribution in [0.4, 0.5) is 0 Å². The van der Waals surface area contributed by atoms with Crippen LogP contribution in [0.25, 0.3) is 0 Å². The van der Waals surface area contributed by atoms with Crippen LogP contribution in [0.3, 0.4) is 0 Å². The third-order valence-corrected chi connectivity index (χ3v) is 5.72. The van der Waals surface area contributed by atoms with E-state index in [0.29, 0.717) is 23.7 Å². The molecule has 0 heterocycles. The molecule has 4 fully saturated rings. The number of hydrogen-bond acceptors (Lipinski definition) is 4. The minimum absolute atomic E-state index is 0.0669. The van der Waals surface area contributed by atoms with Crippen molar-refractivity contribution in [3.05, 3.63) is 0 Å². The molecule has 4 atom stereocenters. The molecule has 0 aromatic carbocycles. The van der Waals surface area contributed by atoms with E-state index in [1.807, 2.05) is 0 Å². The highest BCUT2D eigenvalue weighted by atomic mass is 16.5. The van der Waals surface area contributed by atoms with E-state index >= 15 is 0 Å². The lowest BCUT2D eigenvalue weighted by Crippen LogP contribution is -2.89. The average Bonchev–Trinajstić information content (AvgIpc) is 2.32. The maximum absolute atomic E-state index is 11.6. The van der Waals surface area contributed by atoms with Gasteiger partial charge in [0, 0.05) is 0 Å². The van der Waals surface area contributed by atoms with Gasteiger partial charge >= 0.3 is 11.9 Å². The molecule has 0 aromatic rings. The summed E-state index contributed by atoms with van der Waals surface area (Å²) in [4.78, 5) is 23.2. The van der Waals surface area contributed by atoms with E-state index in [0.717, 1.165) is 11.8 Å². The number of rotatable bonds is 2. The highest BCUT2D eigenvalue weighted by Gasteiger charge is 2.89. The molecule has 4 saturated carbocycles. The van der Waals surface area contributed by atoms with E-state index in [1.54, 1.807) is 0 Å². The highest BCUT2D eigenvalue weighted by molar-refractivity contribution is 5.81. The number of fused-ring (bicyclic) bond motifs is 2. The molecular weight excluding hydrogens is 208 g/mol. The van der Waals surface area contributed by atoms with Gasteiger partial charge in [0.2, 0.25) is 0 Å². The molecule has 0 aliphatic heterocycles. The van der Waals surface area contributed by atoms with Crippen LogP contribution in [0.2, 0.25) is 0 Å². The van der Waals surface area contributed by atoms with Crippen molar-refractivity contribution in [2.75, 3.05) is 14.2 Å². The van der Waals surface area contributed by atoms with Gasteiger partial charge in [-0.2, -0.15) is 0 Å². The van der Waals surface area contributed by atoms with E-state index < -0.39 is 0 Å². The second kappa shape index (κ2) is 2.44. The van der Waals surface area contributed by atoms with Crippen molar-refractivity contribution >= 4 is 11.9 Å². The molecule has 0 saturated heterocycles. The number of methoxy groups -OCH3 is 2. The van der Waals surface area contributed by atoms with E-state index in [2.05, 4.69) is 0 Å². The fourth-order valence-corrected chi connectivity index (χ4v) is 5.31. The molecular formula is C12H14O4. The van der Waals surface area contributed by atoms with Crippen LogP contribution in [-0.2, 0) is 19.1 Å². The molecule has 0 N–H and O–H groups in total. The third kappa shape index (κ3) is 0.611. The third-order valence-electron chi connectivity index (χ3n) is 5.72. The summed E-state index contributed by atoms with van der Waals surface area (Å²) >= 11 is 0. The number of carbonyl (C=O) groups excluding carboxylic acids is 2. The summed E-state index contributed by atoms with van der Waals surface area (Å²) in [5.41, 5.74) is 0. The summed E-state index contributed by atoms with van der Waals surface area (Å²) in [7, 11) is 2.90. The van der Waals surface area contributed by atoms with Gasteiger partial charge in [-0.15, -0.1) is 0 Å². The van der Waals surface area contributed by atoms with Crippen molar-refractivity contribution in [2.45, 2.75) is 0 Å². The molecule has 86 valence electrons. The van der Waals surface area contributed by atoms with Crippen LogP contribution in [0.5, 0.6) is 0 Å². The molecule has 0 radical (unpaired) electrons. The fourth-order valence-electron chi connectivity index (χ4n) is 5.31. The first kappa shape index (κ1) is 9.02. The maximum atomic E-state index is 11.6. The summed E-state index contributed by atoms with van der Waals surface area (Å²) in [5, 5.41) is 0. The smallest absolute Gasteiger partial charge is 0.309 e. The monoisotopic (exact) mass is 222 g/mol. The van der Waals surface area contributed by atoms with Gasteiger partial charge in [0.05, 0.1) is 26.1 Å². The van der Waals surface area contributed by atoms with Crippen LogP contribution in [0.1, 0.15) is 0 Å². The Bertz CT molecular complexity index is 346. The Morgan fingerprint density at radius 1 is 0.688 bits per heavy atom. The first-order valence-corrected chi connectivity index (χ1v) is 5.88. The first-order valence-electron chi connectivity index (χ1n) is 5.88. The Morgan fingerprint density at radius 3 is 1.25 bits per heavy atom. The molecule has 0 spiro atoms. The van der Waals surface area contributed by atoms with Crippen molar-refractivity contribution in [1.29, 1.82) is 0 Å². The van der Waals surface area contributed by atoms with Crippen molar-refractivity contribution in [3.8, 4) is 0 Å². The molecule has 4 nitrogen and oxygen atoms in total. The Labute approximate surface area is 93.3 Å². The standard InChI is InChI=1S/C12H14O4/c1-15-11(13)9-5-3-4-7(5)10(12(14)16-2)8(4)6(3)9/h3-10H,1-2H3. The minimum Gasteiger partial charge on any atom is -0.469 e. The molecule has 4 heteroatoms. The van der Waals surface area contributed by atoms with E-state index in [1.165, 1.54) is 14.2 Å². The molecule has 0 bridgehead atoms. The van der Waals surface area contributed by atoms with Gasteiger partial charge in [-0.05, 0) is 35.5 Å². The zero-order chi connectivity index (χ0) is 11.2. The molecule has 4 aliphatic carbocycles. The first-order chi connectivity index (χ1) is 7.72. The van der Waals surface area contributed by atoms with Crippen LogP contribution in [0.15, 0.2) is 0 Å². The zero-order valence-corrected chi connectivity index (χ0v) is 9.25. The van der Waals surface area contributed by atoms with E-state index in [9.17, 15) is 9.59 Å². The fraction of sp³-hybridized carbons (Fsp3) is 0.833. The number of hydrogen-bond donors (Lipinski definition) is 0. The largest absolute Gasteiger partial charge is 0.469 e. The second-order valence-electron chi connectivity index (χ2n) is 5.56. The molecule has 4 unspecified atom stereocenters. The number of ether oxygens (including phenoxy) is 2. The van der Waals surface area contributed by atoms with Crippen LogP contribution in [0, 0.1) is 47.3 Å². The van der Waals surface area contributed by atoms with Crippen LogP contribution in [-0.4, -0.2) is 26.2 Å². The van der Waals surface area contributed by atoms with Crippen molar-refractivity contribution < 1.29 is 19.1 Å². The molecule has 0 aromatic heterocycles. The molecule has 4 rings (SSSR count). The SMILES string of the molecule is COC(=O)C1C2C3C(C(=O)OC)C4C1C2C34. The lowest BCUT2D eigenvalue weighted by molar-refractivity contribution is -0.422. The Morgan fingerprint density at radius 2 is 1.00 bits per heavy atom. The predicted molar refractivity (Wildman–Crippen MR) is 52.0 cm³/mol. The van der Waals surface area contributed by atoms with Gasteiger partial charge in [0.1, 0.15) is 0 Å². The van der Waals surface area contributed by atoms with Gasteiger partial charge in [0.15, 0.2) is 0 Å². The Balaban J connectivity index is 1.58. The average molecular weight is 222 g/mol. The van der Waals surface area contributed by atoms with Crippen LogP contribution < -0.4 is 0 Å². The quantitative estimate of drug-likeness (QED) is 0.631. The van der Waals surface area contributed by atoms with Gasteiger partial charge in [0.25, 0.3) is 0 Å². The van der Waals surface area contributed by atoms with Gasteiger partial charge in [-0.1, -0.05) is 0 Å². The van der Waals surface area contributed by atoms with Gasteiger partial charge in [-0.3, -0.25) is 9.59 Å². The highest BCUT2D eigenvalue weighted by Crippen LogP contribution is 2.88. The normalized spacial score (nSPS) is 57.9. The zero-order valence-electron chi connectivity index (χ0n) is 9.25. The summed E-state index contributed by atoms with van der Waals surface area (Å²) in [6, 6.07) is 0. The van der Waals surface area contributed by atoms with Gasteiger partial charge < -0.3 is 9.47 Å². The van der Waals surface area contributed by atoms with Crippen molar-refractivity contribution in [2.24, 2.45) is 47.3 Å². The number of carbonyl (C=O) groups is 2. The minimum atomic E-state index is -0.0669. The van der Waals surface area contributed by atoms with Gasteiger partial charge in [-0.25, -0.2) is 0 Å². The van der Waals surface area contributed by atoms with E-state index in [-0.39, 0.29) is 23.8 Å². The lowest BCUT2D eigenvalue weighted by atomic mass is 9.14. The lowest BCUT2D eigenvalue weighted by Gasteiger charge is -2.88. The van der Waals surface area contributed by atoms with Crippen LogP contribution >= 0.6 is 0 Å². The Kier molecular flexibility index (Phi) is 1.37. The predicted octanol–water partition coefficient (Wildman–Crippen LogP) is 0.316. The topological polar surface area (TPSA) is 52.6 Å². The summed E-state index contributed by atoms with van der Waals surface area (Å²) in [6.07, 6.45) is 0.